The molecule has 3 rings (SSSR count). The Morgan fingerprint density at radius 2 is 2.07 bits per heavy atom. The largest absolute Gasteiger partial charge is 0.492 e. The zero-order valence-electron chi connectivity index (χ0n) is 17.7. The SMILES string of the molecule is Cc1ccc(C(=O)N2CCC3(CC2)C[C@H](O)C[C@H](C(C)C)O3)cc1OCCN.Cl. The van der Waals surface area contributed by atoms with Gasteiger partial charge in [-0.25, -0.2) is 0 Å². The zero-order valence-corrected chi connectivity index (χ0v) is 18.5. The lowest BCUT2D eigenvalue weighted by atomic mass is 9.80. The number of nitrogens with zero attached hydrogens (tertiary/aromatic N) is 1. The molecule has 2 saturated heterocycles. The van der Waals surface area contributed by atoms with Gasteiger partial charge in [-0.3, -0.25) is 4.79 Å². The number of aliphatic hydroxyl groups excluding tert-OH is 1. The molecule has 0 unspecified atom stereocenters. The van der Waals surface area contributed by atoms with E-state index in [2.05, 4.69) is 13.8 Å². The van der Waals surface area contributed by atoms with E-state index in [-0.39, 0.29) is 36.1 Å². The number of benzene rings is 1. The van der Waals surface area contributed by atoms with Crippen molar-refractivity contribution in [3.05, 3.63) is 29.3 Å². The molecule has 0 bridgehead atoms. The first-order chi connectivity index (χ1) is 13.3. The lowest BCUT2D eigenvalue weighted by Gasteiger charge is -2.48. The van der Waals surface area contributed by atoms with Crippen LogP contribution in [0.2, 0.25) is 0 Å². The number of hydrogen-bond acceptors (Lipinski definition) is 5. The Bertz CT molecular complexity index is 689. The van der Waals surface area contributed by atoms with Gasteiger partial charge in [0.05, 0.1) is 17.8 Å². The molecule has 29 heavy (non-hydrogen) atoms. The van der Waals surface area contributed by atoms with Gasteiger partial charge in [0.15, 0.2) is 0 Å². The first kappa shape index (κ1) is 23.9. The van der Waals surface area contributed by atoms with Crippen LogP contribution in [0.5, 0.6) is 5.75 Å². The Hall–Kier alpha value is -1.34. The van der Waals surface area contributed by atoms with Gasteiger partial charge in [0.25, 0.3) is 5.91 Å². The Kier molecular flexibility index (Phi) is 8.35. The predicted octanol–water partition coefficient (Wildman–Crippen LogP) is 2.93. The van der Waals surface area contributed by atoms with Gasteiger partial charge in [0.2, 0.25) is 0 Å². The van der Waals surface area contributed by atoms with Crippen LogP contribution in [0.4, 0.5) is 0 Å². The van der Waals surface area contributed by atoms with Crippen LogP contribution in [0.3, 0.4) is 0 Å². The summed E-state index contributed by atoms with van der Waals surface area (Å²) in [6.07, 6.45) is 2.67. The van der Waals surface area contributed by atoms with Gasteiger partial charge in [-0.1, -0.05) is 19.9 Å². The van der Waals surface area contributed by atoms with E-state index in [1.807, 2.05) is 30.0 Å². The minimum atomic E-state index is -0.317. The van der Waals surface area contributed by atoms with Crippen LogP contribution in [0.25, 0.3) is 0 Å². The predicted molar refractivity (Wildman–Crippen MR) is 116 cm³/mol. The second-order valence-corrected chi connectivity index (χ2v) is 8.59. The number of aliphatic hydroxyl groups is 1. The number of amides is 1. The summed E-state index contributed by atoms with van der Waals surface area (Å²) in [7, 11) is 0. The van der Waals surface area contributed by atoms with Gasteiger partial charge in [-0.15, -0.1) is 12.4 Å². The van der Waals surface area contributed by atoms with Crippen molar-refractivity contribution in [1.29, 1.82) is 0 Å². The number of hydrogen-bond donors (Lipinski definition) is 2. The highest BCUT2D eigenvalue weighted by Gasteiger charge is 2.44. The monoisotopic (exact) mass is 426 g/mol. The first-order valence-electron chi connectivity index (χ1n) is 10.4. The van der Waals surface area contributed by atoms with Crippen molar-refractivity contribution >= 4 is 18.3 Å². The third-order valence-electron chi connectivity index (χ3n) is 6.03. The van der Waals surface area contributed by atoms with Crippen LogP contribution in [-0.4, -0.2) is 60.0 Å². The number of nitrogens with two attached hydrogens (primary N) is 1. The van der Waals surface area contributed by atoms with E-state index < -0.39 is 0 Å². The van der Waals surface area contributed by atoms with Crippen LogP contribution in [0, 0.1) is 12.8 Å². The van der Waals surface area contributed by atoms with E-state index in [1.54, 1.807) is 0 Å². The molecule has 1 aromatic carbocycles. The molecule has 164 valence electrons. The number of ether oxygens (including phenoxy) is 2. The summed E-state index contributed by atoms with van der Waals surface area (Å²) in [5, 5.41) is 10.3. The number of carbonyl (C=O) groups excluding carboxylic acids is 1. The van der Waals surface area contributed by atoms with Gasteiger partial charge >= 0.3 is 0 Å². The maximum Gasteiger partial charge on any atom is 0.253 e. The molecule has 0 aromatic heterocycles. The molecule has 3 N–H and O–H groups in total. The second-order valence-electron chi connectivity index (χ2n) is 8.59. The Morgan fingerprint density at radius 3 is 2.69 bits per heavy atom. The number of halogens is 1. The Balaban J connectivity index is 0.00000300. The van der Waals surface area contributed by atoms with Crippen molar-refractivity contribution in [2.75, 3.05) is 26.2 Å². The van der Waals surface area contributed by atoms with E-state index in [0.717, 1.165) is 18.4 Å². The molecule has 2 aliphatic rings. The zero-order chi connectivity index (χ0) is 20.3. The minimum Gasteiger partial charge on any atom is -0.492 e. The fourth-order valence-corrected chi connectivity index (χ4v) is 4.29. The van der Waals surface area contributed by atoms with E-state index in [0.29, 0.717) is 56.3 Å². The maximum atomic E-state index is 13.0. The minimum absolute atomic E-state index is 0. The maximum absolute atomic E-state index is 13.0. The second kappa shape index (κ2) is 10.1. The lowest BCUT2D eigenvalue weighted by Crippen LogP contribution is -2.54. The molecule has 0 aliphatic carbocycles. The van der Waals surface area contributed by atoms with Crippen LogP contribution in [0.1, 0.15) is 55.5 Å². The average molecular weight is 427 g/mol. The lowest BCUT2D eigenvalue weighted by molar-refractivity contribution is -0.190. The third-order valence-corrected chi connectivity index (χ3v) is 6.03. The quantitative estimate of drug-likeness (QED) is 0.756. The van der Waals surface area contributed by atoms with Crippen molar-refractivity contribution < 1.29 is 19.4 Å². The fraction of sp³-hybridized carbons (Fsp3) is 0.682. The number of rotatable bonds is 5. The summed E-state index contributed by atoms with van der Waals surface area (Å²) < 4.78 is 12.1. The summed E-state index contributed by atoms with van der Waals surface area (Å²) in [6.45, 7) is 8.39. The van der Waals surface area contributed by atoms with Gasteiger partial charge in [-0.05, 0) is 49.8 Å². The number of piperidine rings is 1. The molecule has 2 fully saturated rings. The van der Waals surface area contributed by atoms with Crippen LogP contribution < -0.4 is 10.5 Å². The topological polar surface area (TPSA) is 85.0 Å². The summed E-state index contributed by atoms with van der Waals surface area (Å²) in [4.78, 5) is 14.9. The molecule has 0 saturated carbocycles. The number of carbonyl (C=O) groups is 1. The van der Waals surface area contributed by atoms with E-state index in [4.69, 9.17) is 15.2 Å². The molecular formula is C22H35ClN2O4. The summed E-state index contributed by atoms with van der Waals surface area (Å²) in [6, 6.07) is 5.58. The van der Waals surface area contributed by atoms with Crippen molar-refractivity contribution in [2.45, 2.75) is 64.3 Å². The molecule has 7 heteroatoms. The smallest absolute Gasteiger partial charge is 0.253 e. The highest BCUT2D eigenvalue weighted by molar-refractivity contribution is 5.94. The van der Waals surface area contributed by atoms with Crippen molar-refractivity contribution in [2.24, 2.45) is 11.7 Å². The van der Waals surface area contributed by atoms with Gasteiger partial charge in [-0.2, -0.15) is 0 Å². The molecule has 1 amide bonds. The van der Waals surface area contributed by atoms with E-state index >= 15 is 0 Å². The van der Waals surface area contributed by atoms with Gasteiger partial charge in [0.1, 0.15) is 12.4 Å². The van der Waals surface area contributed by atoms with Crippen LogP contribution in [-0.2, 0) is 4.74 Å². The molecule has 2 aliphatic heterocycles. The Labute approximate surface area is 180 Å². The van der Waals surface area contributed by atoms with Gasteiger partial charge in [0, 0.05) is 31.6 Å². The molecule has 1 aromatic rings. The van der Waals surface area contributed by atoms with E-state index in [1.165, 1.54) is 0 Å². The highest BCUT2D eigenvalue weighted by atomic mass is 35.5. The third kappa shape index (κ3) is 5.63. The summed E-state index contributed by atoms with van der Waals surface area (Å²) in [5.41, 5.74) is 6.85. The fourth-order valence-electron chi connectivity index (χ4n) is 4.29. The normalized spacial score (nSPS) is 23.7. The summed E-state index contributed by atoms with van der Waals surface area (Å²) >= 11 is 0. The molecule has 2 atom stereocenters. The standard InChI is InChI=1S/C22H34N2O4.ClH/c1-15(2)19-13-18(25)14-22(28-19)6-9-24(10-7-22)21(26)17-5-4-16(3)20(12-17)27-11-8-23;/h4-5,12,15,18-19,25H,6-11,13-14,23H2,1-3H3;1H/t18-,19-;/m1./s1. The number of likely N-dealkylation sites (tertiary alicyclic amines) is 1. The molecule has 1 spiro atoms. The summed E-state index contributed by atoms with van der Waals surface area (Å²) in [5.74, 6) is 1.11. The van der Waals surface area contributed by atoms with Gasteiger partial charge < -0.3 is 25.2 Å². The van der Waals surface area contributed by atoms with E-state index in [9.17, 15) is 9.90 Å². The van der Waals surface area contributed by atoms with Crippen molar-refractivity contribution in [1.82, 2.24) is 4.90 Å². The molecule has 2 heterocycles. The first-order valence-corrected chi connectivity index (χ1v) is 10.4. The molecule has 0 radical (unpaired) electrons. The Morgan fingerprint density at radius 1 is 1.38 bits per heavy atom. The van der Waals surface area contributed by atoms with Crippen molar-refractivity contribution in [3.8, 4) is 5.75 Å². The van der Waals surface area contributed by atoms with Crippen molar-refractivity contribution in [3.63, 3.8) is 0 Å². The molecular weight excluding hydrogens is 392 g/mol. The highest BCUT2D eigenvalue weighted by Crippen LogP contribution is 2.39. The number of aryl methyl sites for hydroxylation is 1. The molecule has 6 nitrogen and oxygen atoms in total. The average Bonchev–Trinajstić information content (AvgIpc) is 2.67. The van der Waals surface area contributed by atoms with Crippen LogP contribution in [0.15, 0.2) is 18.2 Å². The van der Waals surface area contributed by atoms with Crippen LogP contribution >= 0.6 is 12.4 Å².